The van der Waals surface area contributed by atoms with Crippen molar-refractivity contribution in [2.75, 3.05) is 16.4 Å². The number of hydrogen-bond donors (Lipinski definition) is 3. The van der Waals surface area contributed by atoms with Gasteiger partial charge < -0.3 is 16.4 Å². The number of nitrogens with two attached hydrogens (primary N) is 1. The average molecular weight is 373 g/mol. The van der Waals surface area contributed by atoms with Gasteiger partial charge in [-0.15, -0.1) is 0 Å². The van der Waals surface area contributed by atoms with Crippen LogP contribution in [0.5, 0.6) is 0 Å². The van der Waals surface area contributed by atoms with Gasteiger partial charge in [0.05, 0.1) is 16.9 Å². The minimum atomic E-state index is -0.471. The quantitative estimate of drug-likeness (QED) is 0.463. The number of anilines is 4. The van der Waals surface area contributed by atoms with Crippen LogP contribution >= 0.6 is 0 Å². The highest BCUT2D eigenvalue weighted by molar-refractivity contribution is 6.06. The summed E-state index contributed by atoms with van der Waals surface area (Å²) in [5.41, 5.74) is 8.32. The van der Waals surface area contributed by atoms with E-state index in [4.69, 9.17) is 5.73 Å². The molecule has 6 nitrogen and oxygen atoms in total. The molecule has 0 radical (unpaired) electrons. The second-order valence-corrected chi connectivity index (χ2v) is 6.13. The summed E-state index contributed by atoms with van der Waals surface area (Å²) in [5, 5.41) is 6.74. The number of nitrogen functional groups attached to an aromatic ring is 1. The summed E-state index contributed by atoms with van der Waals surface area (Å²) in [6.45, 7) is 0. The molecule has 0 atom stereocenters. The molecule has 0 saturated heterocycles. The molecular weight excluding hydrogens is 357 g/mol. The number of nitrogens with one attached hydrogen (secondary N) is 2. The molecule has 4 N–H and O–H groups in total. The van der Waals surface area contributed by atoms with Crippen LogP contribution in [-0.4, -0.2) is 15.9 Å². The van der Waals surface area contributed by atoms with Crippen LogP contribution in [0, 0.1) is 5.82 Å². The van der Waals surface area contributed by atoms with E-state index in [-0.39, 0.29) is 11.6 Å². The molecular formula is C21H16FN5O. The van der Waals surface area contributed by atoms with Crippen molar-refractivity contribution < 1.29 is 9.18 Å². The molecule has 0 aliphatic heterocycles. The van der Waals surface area contributed by atoms with Crippen LogP contribution in [0.3, 0.4) is 0 Å². The molecule has 0 unspecified atom stereocenters. The lowest BCUT2D eigenvalue weighted by Gasteiger charge is -2.10. The average Bonchev–Trinajstić information content (AvgIpc) is 2.71. The summed E-state index contributed by atoms with van der Waals surface area (Å²) < 4.78 is 13.3. The van der Waals surface area contributed by atoms with E-state index in [1.54, 1.807) is 24.3 Å². The Morgan fingerprint density at radius 2 is 1.75 bits per heavy atom. The van der Waals surface area contributed by atoms with Crippen LogP contribution < -0.4 is 16.4 Å². The van der Waals surface area contributed by atoms with Crippen molar-refractivity contribution in [3.05, 3.63) is 84.4 Å². The lowest BCUT2D eigenvalue weighted by Crippen LogP contribution is -2.13. The first kappa shape index (κ1) is 17.4. The van der Waals surface area contributed by atoms with Gasteiger partial charge in [-0.05, 0) is 54.6 Å². The second-order valence-electron chi connectivity index (χ2n) is 6.13. The molecule has 4 aromatic rings. The van der Waals surface area contributed by atoms with Crippen molar-refractivity contribution in [1.29, 1.82) is 0 Å². The second kappa shape index (κ2) is 7.32. The van der Waals surface area contributed by atoms with Gasteiger partial charge in [-0.3, -0.25) is 4.79 Å². The first-order valence-electron chi connectivity index (χ1n) is 8.53. The molecule has 0 aliphatic rings. The van der Waals surface area contributed by atoms with E-state index in [0.717, 1.165) is 16.6 Å². The summed E-state index contributed by atoms with van der Waals surface area (Å²) in [4.78, 5) is 20.9. The summed E-state index contributed by atoms with van der Waals surface area (Å²) in [5.74, 6) is -0.173. The van der Waals surface area contributed by atoms with Crippen molar-refractivity contribution in [3.63, 3.8) is 0 Å². The van der Waals surface area contributed by atoms with E-state index in [9.17, 15) is 9.18 Å². The van der Waals surface area contributed by atoms with E-state index in [1.807, 2.05) is 24.3 Å². The third-order valence-corrected chi connectivity index (χ3v) is 4.22. The number of carbonyl (C=O) groups excluding carboxylic acids is 1. The lowest BCUT2D eigenvalue weighted by atomic mass is 10.1. The Kier molecular flexibility index (Phi) is 4.55. The zero-order chi connectivity index (χ0) is 19.5. The zero-order valence-electron chi connectivity index (χ0n) is 14.7. The fourth-order valence-corrected chi connectivity index (χ4v) is 2.78. The predicted molar refractivity (Wildman–Crippen MR) is 108 cm³/mol. The fourth-order valence-electron chi connectivity index (χ4n) is 2.78. The highest BCUT2D eigenvalue weighted by Gasteiger charge is 2.10. The van der Waals surface area contributed by atoms with Crippen molar-refractivity contribution >= 4 is 39.7 Å². The van der Waals surface area contributed by atoms with Crippen LogP contribution in [0.25, 0.3) is 10.9 Å². The number of hydrogen-bond acceptors (Lipinski definition) is 5. The van der Waals surface area contributed by atoms with E-state index < -0.39 is 5.82 Å². The van der Waals surface area contributed by atoms with Gasteiger partial charge in [0.1, 0.15) is 18.0 Å². The van der Waals surface area contributed by atoms with Crippen LogP contribution in [0.4, 0.5) is 27.3 Å². The van der Waals surface area contributed by atoms with Gasteiger partial charge in [0.2, 0.25) is 0 Å². The maximum absolute atomic E-state index is 13.3. The van der Waals surface area contributed by atoms with E-state index in [2.05, 4.69) is 20.6 Å². The molecule has 0 fully saturated rings. The summed E-state index contributed by atoms with van der Waals surface area (Å²) >= 11 is 0. The molecule has 0 aliphatic carbocycles. The monoisotopic (exact) mass is 373 g/mol. The van der Waals surface area contributed by atoms with E-state index in [0.29, 0.717) is 17.1 Å². The Balaban J connectivity index is 1.52. The smallest absolute Gasteiger partial charge is 0.255 e. The third-order valence-electron chi connectivity index (χ3n) is 4.22. The summed E-state index contributed by atoms with van der Waals surface area (Å²) in [7, 11) is 0. The maximum Gasteiger partial charge on any atom is 0.255 e. The number of amides is 1. The fraction of sp³-hybridized carbons (Fsp3) is 0. The first-order valence-corrected chi connectivity index (χ1v) is 8.53. The van der Waals surface area contributed by atoms with Crippen molar-refractivity contribution in [2.45, 2.75) is 0 Å². The van der Waals surface area contributed by atoms with Crippen LogP contribution in [-0.2, 0) is 0 Å². The van der Waals surface area contributed by atoms with Gasteiger partial charge in [-0.25, -0.2) is 14.4 Å². The Morgan fingerprint density at radius 3 is 2.57 bits per heavy atom. The molecule has 0 bridgehead atoms. The number of aromatic nitrogens is 2. The number of nitrogens with zero attached hydrogens (tertiary/aromatic N) is 2. The number of rotatable bonds is 4. The van der Waals surface area contributed by atoms with Crippen LogP contribution in [0.1, 0.15) is 10.4 Å². The Labute approximate surface area is 160 Å². The summed E-state index contributed by atoms with van der Waals surface area (Å²) in [6.07, 6.45) is 1.50. The first-order chi connectivity index (χ1) is 13.6. The lowest BCUT2D eigenvalue weighted by molar-refractivity contribution is 0.102. The van der Waals surface area contributed by atoms with Gasteiger partial charge in [-0.1, -0.05) is 12.1 Å². The van der Waals surface area contributed by atoms with E-state index >= 15 is 0 Å². The Bertz CT molecular complexity index is 1160. The standard InChI is InChI=1S/C21H16FN5O/c22-14-7-10-17(23)19(11-14)27-21(28)13-5-8-15(9-6-13)26-20-16-3-1-2-4-18(16)24-12-25-20/h1-12H,23H2,(H,27,28)(H,24,25,26). The van der Waals surface area contributed by atoms with Gasteiger partial charge in [0.15, 0.2) is 0 Å². The number of fused-ring (bicyclic) bond motifs is 1. The Hall–Kier alpha value is -4.00. The SMILES string of the molecule is Nc1ccc(F)cc1NC(=O)c1ccc(Nc2ncnc3ccccc23)cc1. The predicted octanol–water partition coefficient (Wildman–Crippen LogP) is 4.35. The molecule has 1 heterocycles. The highest BCUT2D eigenvalue weighted by atomic mass is 19.1. The normalized spacial score (nSPS) is 10.6. The van der Waals surface area contributed by atoms with Crippen molar-refractivity contribution in [3.8, 4) is 0 Å². The van der Waals surface area contributed by atoms with E-state index in [1.165, 1.54) is 24.5 Å². The molecule has 4 rings (SSSR count). The minimum absolute atomic E-state index is 0.236. The van der Waals surface area contributed by atoms with Gasteiger partial charge >= 0.3 is 0 Å². The molecule has 7 heteroatoms. The zero-order valence-corrected chi connectivity index (χ0v) is 14.7. The van der Waals surface area contributed by atoms with Crippen LogP contribution in [0.2, 0.25) is 0 Å². The van der Waals surface area contributed by atoms with Crippen molar-refractivity contribution in [1.82, 2.24) is 9.97 Å². The van der Waals surface area contributed by atoms with Gasteiger partial charge in [-0.2, -0.15) is 0 Å². The largest absolute Gasteiger partial charge is 0.397 e. The van der Waals surface area contributed by atoms with Gasteiger partial charge in [0, 0.05) is 16.6 Å². The third kappa shape index (κ3) is 3.59. The topological polar surface area (TPSA) is 92.9 Å². The number of halogens is 1. The van der Waals surface area contributed by atoms with Crippen LogP contribution in [0.15, 0.2) is 73.1 Å². The van der Waals surface area contributed by atoms with Gasteiger partial charge in [0.25, 0.3) is 5.91 Å². The molecule has 28 heavy (non-hydrogen) atoms. The number of para-hydroxylation sites is 1. The molecule has 1 amide bonds. The van der Waals surface area contributed by atoms with Crippen molar-refractivity contribution in [2.24, 2.45) is 0 Å². The summed E-state index contributed by atoms with van der Waals surface area (Å²) in [6, 6.07) is 18.4. The molecule has 1 aromatic heterocycles. The highest BCUT2D eigenvalue weighted by Crippen LogP contribution is 2.24. The molecule has 138 valence electrons. The maximum atomic E-state index is 13.3. The Morgan fingerprint density at radius 1 is 0.964 bits per heavy atom. The number of carbonyl (C=O) groups is 1. The molecule has 0 spiro atoms. The minimum Gasteiger partial charge on any atom is -0.397 e. The number of benzene rings is 3. The molecule has 0 saturated carbocycles. The molecule has 3 aromatic carbocycles.